The van der Waals surface area contributed by atoms with Crippen molar-refractivity contribution < 1.29 is 19.4 Å². The molecule has 1 aromatic carbocycles. The summed E-state index contributed by atoms with van der Waals surface area (Å²) in [4.78, 5) is 23.1. The lowest BCUT2D eigenvalue weighted by molar-refractivity contribution is -0.143. The lowest BCUT2D eigenvalue weighted by Gasteiger charge is -2.14. The van der Waals surface area contributed by atoms with Gasteiger partial charge in [-0.1, -0.05) is 11.6 Å². The molecular weight excluding hydrogens is 258 g/mol. The Morgan fingerprint density at radius 3 is 2.67 bits per heavy atom. The average Bonchev–Trinajstić information content (AvgIpc) is 2.34. The molecular formula is C12H14ClNO4. The molecule has 0 saturated heterocycles. The van der Waals surface area contributed by atoms with E-state index < -0.39 is 24.5 Å². The van der Waals surface area contributed by atoms with E-state index in [0.29, 0.717) is 16.1 Å². The number of aliphatic hydroxyl groups is 1. The van der Waals surface area contributed by atoms with E-state index in [1.54, 1.807) is 25.1 Å². The molecule has 1 amide bonds. The maximum absolute atomic E-state index is 11.9. The highest BCUT2D eigenvalue weighted by Gasteiger charge is 2.21. The van der Waals surface area contributed by atoms with Crippen LogP contribution in [0.1, 0.15) is 15.9 Å². The molecule has 0 heterocycles. The number of rotatable bonds is 4. The molecule has 0 radical (unpaired) electrons. The zero-order valence-corrected chi connectivity index (χ0v) is 10.8. The lowest BCUT2D eigenvalue weighted by Crippen LogP contribution is -2.44. The minimum absolute atomic E-state index is 0.391. The molecule has 1 atom stereocenters. The Bertz CT molecular complexity index is 461. The molecule has 6 heteroatoms. The van der Waals surface area contributed by atoms with Gasteiger partial charge >= 0.3 is 5.97 Å². The van der Waals surface area contributed by atoms with Crippen molar-refractivity contribution in [3.05, 3.63) is 34.3 Å². The first-order valence-corrected chi connectivity index (χ1v) is 5.63. The Kier molecular flexibility index (Phi) is 5.12. The van der Waals surface area contributed by atoms with Gasteiger partial charge in [0.2, 0.25) is 0 Å². The minimum Gasteiger partial charge on any atom is -0.467 e. The van der Waals surface area contributed by atoms with E-state index in [4.69, 9.17) is 16.7 Å². The average molecular weight is 272 g/mol. The number of carbonyl (C=O) groups is 2. The Morgan fingerprint density at radius 2 is 2.17 bits per heavy atom. The van der Waals surface area contributed by atoms with Crippen LogP contribution < -0.4 is 5.32 Å². The first-order chi connectivity index (χ1) is 8.49. The van der Waals surface area contributed by atoms with Crippen molar-refractivity contribution in [3.63, 3.8) is 0 Å². The van der Waals surface area contributed by atoms with Crippen LogP contribution in [0.25, 0.3) is 0 Å². The second-order valence-corrected chi connectivity index (χ2v) is 4.13. The summed E-state index contributed by atoms with van der Waals surface area (Å²) in [5.41, 5.74) is 1.07. The first-order valence-electron chi connectivity index (χ1n) is 5.25. The van der Waals surface area contributed by atoms with Crippen molar-refractivity contribution >= 4 is 23.5 Å². The van der Waals surface area contributed by atoms with E-state index in [0.717, 1.165) is 0 Å². The SMILES string of the molecule is COC(=O)C(CO)NC(=O)c1ccc(Cl)cc1C. The van der Waals surface area contributed by atoms with E-state index in [2.05, 4.69) is 10.1 Å². The van der Waals surface area contributed by atoms with Gasteiger partial charge in [0, 0.05) is 10.6 Å². The molecule has 98 valence electrons. The fourth-order valence-corrected chi connectivity index (χ4v) is 1.67. The Labute approximate surface area is 110 Å². The summed E-state index contributed by atoms with van der Waals surface area (Å²) in [6.07, 6.45) is 0. The highest BCUT2D eigenvalue weighted by Crippen LogP contribution is 2.15. The summed E-state index contributed by atoms with van der Waals surface area (Å²) in [6.45, 7) is 1.21. The molecule has 1 unspecified atom stereocenters. The topological polar surface area (TPSA) is 75.6 Å². The minimum atomic E-state index is -1.07. The summed E-state index contributed by atoms with van der Waals surface area (Å²) in [5.74, 6) is -1.16. The molecule has 0 bridgehead atoms. The number of aliphatic hydroxyl groups excluding tert-OH is 1. The van der Waals surface area contributed by atoms with Crippen molar-refractivity contribution in [1.29, 1.82) is 0 Å². The van der Waals surface area contributed by atoms with Gasteiger partial charge in [-0.3, -0.25) is 4.79 Å². The van der Waals surface area contributed by atoms with Crippen LogP contribution in [0.2, 0.25) is 5.02 Å². The van der Waals surface area contributed by atoms with Gasteiger partial charge in [0.05, 0.1) is 13.7 Å². The van der Waals surface area contributed by atoms with Gasteiger partial charge < -0.3 is 15.2 Å². The number of benzene rings is 1. The van der Waals surface area contributed by atoms with E-state index in [-0.39, 0.29) is 0 Å². The van der Waals surface area contributed by atoms with Crippen LogP contribution in [-0.2, 0) is 9.53 Å². The van der Waals surface area contributed by atoms with Crippen LogP contribution in [0, 0.1) is 6.92 Å². The third-order valence-corrected chi connectivity index (χ3v) is 2.64. The molecule has 2 N–H and O–H groups in total. The monoisotopic (exact) mass is 271 g/mol. The van der Waals surface area contributed by atoms with Gasteiger partial charge in [-0.15, -0.1) is 0 Å². The third kappa shape index (κ3) is 3.45. The number of nitrogens with one attached hydrogen (secondary N) is 1. The van der Waals surface area contributed by atoms with Crippen LogP contribution in [0.5, 0.6) is 0 Å². The van der Waals surface area contributed by atoms with Crippen molar-refractivity contribution in [2.75, 3.05) is 13.7 Å². The van der Waals surface area contributed by atoms with Crippen LogP contribution in [-0.4, -0.2) is 36.7 Å². The summed E-state index contributed by atoms with van der Waals surface area (Å²) >= 11 is 5.78. The molecule has 1 rings (SSSR count). The van der Waals surface area contributed by atoms with Crippen LogP contribution in [0.4, 0.5) is 0 Å². The van der Waals surface area contributed by atoms with E-state index in [1.807, 2.05) is 0 Å². The van der Waals surface area contributed by atoms with Crippen molar-refractivity contribution in [2.24, 2.45) is 0 Å². The summed E-state index contributed by atoms with van der Waals surface area (Å²) in [6, 6.07) is 3.70. The standard InChI is InChI=1S/C12H14ClNO4/c1-7-5-8(13)3-4-9(7)11(16)14-10(6-15)12(17)18-2/h3-5,10,15H,6H2,1-2H3,(H,14,16). The van der Waals surface area contributed by atoms with Crippen molar-refractivity contribution in [3.8, 4) is 0 Å². The predicted octanol–water partition coefficient (Wildman–Crippen LogP) is 0.912. The predicted molar refractivity (Wildman–Crippen MR) is 66.5 cm³/mol. The Morgan fingerprint density at radius 1 is 1.50 bits per heavy atom. The molecule has 5 nitrogen and oxygen atoms in total. The number of aryl methyl sites for hydroxylation is 1. The smallest absolute Gasteiger partial charge is 0.330 e. The maximum Gasteiger partial charge on any atom is 0.330 e. The Balaban J connectivity index is 2.84. The normalized spacial score (nSPS) is 11.8. The van der Waals surface area contributed by atoms with E-state index >= 15 is 0 Å². The van der Waals surface area contributed by atoms with Crippen molar-refractivity contribution in [1.82, 2.24) is 5.32 Å². The van der Waals surface area contributed by atoms with Gasteiger partial charge in [-0.25, -0.2) is 4.79 Å². The molecule has 0 spiro atoms. The number of hydrogen-bond donors (Lipinski definition) is 2. The van der Waals surface area contributed by atoms with Crippen molar-refractivity contribution in [2.45, 2.75) is 13.0 Å². The molecule has 0 saturated carbocycles. The van der Waals surface area contributed by atoms with Gasteiger partial charge in [0.25, 0.3) is 5.91 Å². The number of ether oxygens (including phenoxy) is 1. The number of hydrogen-bond acceptors (Lipinski definition) is 4. The number of amides is 1. The highest BCUT2D eigenvalue weighted by atomic mass is 35.5. The molecule has 0 aromatic heterocycles. The van der Waals surface area contributed by atoms with E-state index in [9.17, 15) is 9.59 Å². The molecule has 0 aliphatic carbocycles. The van der Waals surface area contributed by atoms with Crippen LogP contribution in [0.3, 0.4) is 0 Å². The summed E-state index contributed by atoms with van der Waals surface area (Å²) in [5, 5.41) is 11.9. The maximum atomic E-state index is 11.9. The number of methoxy groups -OCH3 is 1. The fraction of sp³-hybridized carbons (Fsp3) is 0.333. The van der Waals surface area contributed by atoms with Crippen LogP contribution >= 0.6 is 11.6 Å². The molecule has 18 heavy (non-hydrogen) atoms. The third-order valence-electron chi connectivity index (χ3n) is 2.41. The lowest BCUT2D eigenvalue weighted by atomic mass is 10.1. The summed E-state index contributed by atoms with van der Waals surface area (Å²) < 4.78 is 4.45. The second kappa shape index (κ2) is 6.37. The molecule has 0 fully saturated rings. The van der Waals surface area contributed by atoms with Gasteiger partial charge in [-0.05, 0) is 30.7 Å². The van der Waals surface area contributed by atoms with Gasteiger partial charge in [0.1, 0.15) is 0 Å². The number of halogens is 1. The zero-order chi connectivity index (χ0) is 13.7. The summed E-state index contributed by atoms with van der Waals surface area (Å²) in [7, 11) is 1.19. The molecule has 0 aliphatic rings. The highest BCUT2D eigenvalue weighted by molar-refractivity contribution is 6.30. The molecule has 0 aliphatic heterocycles. The number of esters is 1. The van der Waals surface area contributed by atoms with Gasteiger partial charge in [-0.2, -0.15) is 0 Å². The Hall–Kier alpha value is -1.59. The van der Waals surface area contributed by atoms with E-state index in [1.165, 1.54) is 7.11 Å². The number of carbonyl (C=O) groups excluding carboxylic acids is 2. The fourth-order valence-electron chi connectivity index (χ4n) is 1.44. The van der Waals surface area contributed by atoms with Gasteiger partial charge in [0.15, 0.2) is 6.04 Å². The van der Waals surface area contributed by atoms with Crippen LogP contribution in [0.15, 0.2) is 18.2 Å². The second-order valence-electron chi connectivity index (χ2n) is 3.69. The largest absolute Gasteiger partial charge is 0.467 e. The zero-order valence-electron chi connectivity index (χ0n) is 10.1. The first kappa shape index (κ1) is 14.5. The quantitative estimate of drug-likeness (QED) is 0.798. The molecule has 1 aromatic rings.